The van der Waals surface area contributed by atoms with E-state index in [1.165, 1.54) is 0 Å². The summed E-state index contributed by atoms with van der Waals surface area (Å²) in [6.45, 7) is 1.34. The van der Waals surface area contributed by atoms with E-state index < -0.39 is 28.0 Å². The molecule has 1 aromatic rings. The van der Waals surface area contributed by atoms with Crippen molar-refractivity contribution in [3.8, 4) is 0 Å². The van der Waals surface area contributed by atoms with E-state index in [1.807, 2.05) is 35.2 Å². The number of carbonyl (C=O) groups is 1. The van der Waals surface area contributed by atoms with Gasteiger partial charge in [-0.15, -0.1) is 0 Å². The van der Waals surface area contributed by atoms with Gasteiger partial charge >= 0.3 is 0 Å². The Bertz CT molecular complexity index is 606. The zero-order valence-corrected chi connectivity index (χ0v) is 13.4. The Morgan fingerprint density at radius 3 is 2.64 bits per heavy atom. The fourth-order valence-electron chi connectivity index (χ4n) is 2.50. The second-order valence-corrected chi connectivity index (χ2v) is 8.01. The van der Waals surface area contributed by atoms with Gasteiger partial charge in [0.05, 0.1) is 11.8 Å². The highest BCUT2D eigenvalue weighted by Crippen LogP contribution is 2.16. The lowest BCUT2D eigenvalue weighted by Gasteiger charge is -2.16. The summed E-state index contributed by atoms with van der Waals surface area (Å²) < 4.78 is 36.1. The number of benzene rings is 1. The first-order valence-corrected chi connectivity index (χ1v) is 9.27. The van der Waals surface area contributed by atoms with Crippen molar-refractivity contribution in [1.82, 2.24) is 10.2 Å². The lowest BCUT2D eigenvalue weighted by atomic mass is 10.2. The minimum atomic E-state index is -3.18. The van der Waals surface area contributed by atoms with Gasteiger partial charge in [0.15, 0.2) is 0 Å². The van der Waals surface area contributed by atoms with Crippen LogP contribution in [-0.4, -0.2) is 56.5 Å². The van der Waals surface area contributed by atoms with Crippen molar-refractivity contribution in [1.29, 1.82) is 0 Å². The lowest BCUT2D eigenvalue weighted by molar-refractivity contribution is -0.121. The molecular formula is C15H21FN2O3S. The van der Waals surface area contributed by atoms with Crippen LogP contribution in [0.2, 0.25) is 0 Å². The van der Waals surface area contributed by atoms with Gasteiger partial charge in [0.1, 0.15) is 16.0 Å². The van der Waals surface area contributed by atoms with Crippen LogP contribution >= 0.6 is 0 Å². The fraction of sp³-hybridized carbons (Fsp3) is 0.533. The Kier molecular flexibility index (Phi) is 5.52. The molecule has 1 saturated heterocycles. The lowest BCUT2D eigenvalue weighted by Crippen LogP contribution is -2.41. The summed E-state index contributed by atoms with van der Waals surface area (Å²) in [5, 5.41) is 2.60. The van der Waals surface area contributed by atoms with E-state index in [0.717, 1.165) is 11.8 Å². The van der Waals surface area contributed by atoms with Crippen LogP contribution in [0.15, 0.2) is 30.3 Å². The van der Waals surface area contributed by atoms with Crippen molar-refractivity contribution >= 4 is 15.7 Å². The summed E-state index contributed by atoms with van der Waals surface area (Å²) in [5.41, 5.74) is 1.10. The molecule has 1 aliphatic heterocycles. The second-order valence-electron chi connectivity index (χ2n) is 5.75. The smallest absolute Gasteiger partial charge is 0.221 e. The number of nitrogens with zero attached hydrogens (tertiary/aromatic N) is 1. The minimum absolute atomic E-state index is 0.124. The third-order valence-corrected chi connectivity index (χ3v) is 4.57. The van der Waals surface area contributed by atoms with E-state index in [1.54, 1.807) is 0 Å². The van der Waals surface area contributed by atoms with Crippen LogP contribution in [0, 0.1) is 0 Å². The summed E-state index contributed by atoms with van der Waals surface area (Å²) in [6, 6.07) is 9.17. The van der Waals surface area contributed by atoms with Gasteiger partial charge in [0, 0.05) is 32.3 Å². The molecule has 5 nitrogen and oxygen atoms in total. The summed E-state index contributed by atoms with van der Waals surface area (Å²) in [5.74, 6) is -0.629. The molecule has 1 N–H and O–H groups in total. The van der Waals surface area contributed by atoms with Crippen molar-refractivity contribution in [3.05, 3.63) is 35.9 Å². The van der Waals surface area contributed by atoms with Gasteiger partial charge < -0.3 is 5.32 Å². The third kappa shape index (κ3) is 5.38. The van der Waals surface area contributed by atoms with Crippen LogP contribution in [0.5, 0.6) is 0 Å². The first kappa shape index (κ1) is 16.9. The summed E-state index contributed by atoms with van der Waals surface area (Å²) in [6.07, 6.45) is -0.179. The highest BCUT2D eigenvalue weighted by atomic mass is 32.2. The predicted molar refractivity (Wildman–Crippen MR) is 82.9 cm³/mol. The van der Waals surface area contributed by atoms with E-state index in [4.69, 9.17) is 0 Å². The molecule has 0 saturated carbocycles. The number of halogens is 1. The van der Waals surface area contributed by atoms with Gasteiger partial charge in [-0.2, -0.15) is 0 Å². The van der Waals surface area contributed by atoms with Crippen LogP contribution in [0.4, 0.5) is 4.39 Å². The Morgan fingerprint density at radius 1 is 1.32 bits per heavy atom. The molecule has 7 heteroatoms. The first-order valence-electron chi connectivity index (χ1n) is 7.21. The molecular weight excluding hydrogens is 307 g/mol. The SMILES string of the molecule is CS(=O)(=O)CCC(=O)N[C@@H]1CN(Cc2ccccc2)C[C@@H]1F. The summed E-state index contributed by atoms with van der Waals surface area (Å²) >= 11 is 0. The number of nitrogens with one attached hydrogen (secondary N) is 1. The number of hydrogen-bond donors (Lipinski definition) is 1. The zero-order valence-electron chi connectivity index (χ0n) is 12.5. The Morgan fingerprint density at radius 2 is 2.00 bits per heavy atom. The molecule has 1 aromatic carbocycles. The second kappa shape index (κ2) is 7.19. The largest absolute Gasteiger partial charge is 0.349 e. The van der Waals surface area contributed by atoms with Gasteiger partial charge in [-0.1, -0.05) is 30.3 Å². The van der Waals surface area contributed by atoms with E-state index in [9.17, 15) is 17.6 Å². The van der Waals surface area contributed by atoms with Crippen molar-refractivity contribution in [2.24, 2.45) is 0 Å². The number of alkyl halides is 1. The van der Waals surface area contributed by atoms with Crippen molar-refractivity contribution < 1.29 is 17.6 Å². The van der Waals surface area contributed by atoms with Crippen molar-refractivity contribution in [2.45, 2.75) is 25.2 Å². The van der Waals surface area contributed by atoms with Crippen LogP contribution < -0.4 is 5.32 Å². The quantitative estimate of drug-likeness (QED) is 0.837. The molecule has 22 heavy (non-hydrogen) atoms. The molecule has 122 valence electrons. The average molecular weight is 328 g/mol. The normalized spacial score (nSPS) is 22.6. The van der Waals surface area contributed by atoms with Crippen LogP contribution in [0.25, 0.3) is 0 Å². The first-order chi connectivity index (χ1) is 10.3. The van der Waals surface area contributed by atoms with E-state index in [-0.39, 0.29) is 18.7 Å². The molecule has 1 amide bonds. The molecule has 1 fully saturated rings. The number of rotatable bonds is 6. The van der Waals surface area contributed by atoms with Gasteiger partial charge in [-0.25, -0.2) is 12.8 Å². The molecule has 0 aliphatic carbocycles. The maximum Gasteiger partial charge on any atom is 0.221 e. The maximum atomic E-state index is 14.0. The molecule has 1 aliphatic rings. The number of likely N-dealkylation sites (tertiary alicyclic amines) is 1. The highest BCUT2D eigenvalue weighted by molar-refractivity contribution is 7.90. The Balaban J connectivity index is 1.82. The Hall–Kier alpha value is -1.47. The summed E-state index contributed by atoms with van der Waals surface area (Å²) in [4.78, 5) is 13.6. The minimum Gasteiger partial charge on any atom is -0.349 e. The van der Waals surface area contributed by atoms with Crippen molar-refractivity contribution in [2.75, 3.05) is 25.1 Å². The molecule has 0 aromatic heterocycles. The van der Waals surface area contributed by atoms with E-state index in [2.05, 4.69) is 5.32 Å². The number of sulfone groups is 1. The number of hydrogen-bond acceptors (Lipinski definition) is 4. The maximum absolute atomic E-state index is 14.0. The van der Waals surface area contributed by atoms with Gasteiger partial charge in [-0.05, 0) is 5.56 Å². The topological polar surface area (TPSA) is 66.5 Å². The molecule has 1 heterocycles. The van der Waals surface area contributed by atoms with Crippen LogP contribution in [-0.2, 0) is 21.2 Å². The Labute approximate surface area is 130 Å². The number of carbonyl (C=O) groups excluding carboxylic acids is 1. The van der Waals surface area contributed by atoms with Crippen LogP contribution in [0.3, 0.4) is 0 Å². The molecule has 2 rings (SSSR count). The molecule has 0 radical (unpaired) electrons. The zero-order chi connectivity index (χ0) is 16.2. The molecule has 2 atom stereocenters. The van der Waals surface area contributed by atoms with E-state index >= 15 is 0 Å². The van der Waals surface area contributed by atoms with Crippen LogP contribution in [0.1, 0.15) is 12.0 Å². The molecule has 0 spiro atoms. The van der Waals surface area contributed by atoms with Gasteiger partial charge in [0.25, 0.3) is 0 Å². The monoisotopic (exact) mass is 328 g/mol. The average Bonchev–Trinajstić information content (AvgIpc) is 2.77. The molecule has 0 bridgehead atoms. The fourth-order valence-corrected chi connectivity index (χ4v) is 3.06. The van der Waals surface area contributed by atoms with Crippen molar-refractivity contribution in [3.63, 3.8) is 0 Å². The standard InChI is InChI=1S/C15H21FN2O3S/c1-22(20,21)8-7-15(19)17-14-11-18(10-13(14)16)9-12-5-3-2-4-6-12/h2-6,13-14H,7-11H2,1H3,(H,17,19)/t13-,14+/m0/s1. The van der Waals surface area contributed by atoms with E-state index in [0.29, 0.717) is 13.1 Å². The number of amides is 1. The third-order valence-electron chi connectivity index (χ3n) is 3.62. The predicted octanol–water partition coefficient (Wildman–Crippen LogP) is 0.760. The molecule has 0 unspecified atom stereocenters. The van der Waals surface area contributed by atoms with Gasteiger partial charge in [-0.3, -0.25) is 9.69 Å². The highest BCUT2D eigenvalue weighted by Gasteiger charge is 2.33. The van der Waals surface area contributed by atoms with Gasteiger partial charge in [0.2, 0.25) is 5.91 Å². The summed E-state index contributed by atoms with van der Waals surface area (Å²) in [7, 11) is -3.18.